The minimum atomic E-state index is -1.31. The van der Waals surface area contributed by atoms with E-state index in [0.29, 0.717) is 16.9 Å². The van der Waals surface area contributed by atoms with Crippen molar-refractivity contribution in [1.82, 2.24) is 5.32 Å². The molecule has 92 valence electrons. The molecule has 1 aromatic carbocycles. The number of aryl methyl sites for hydroxylation is 1. The molecule has 0 aromatic heterocycles. The highest BCUT2D eigenvalue weighted by Crippen LogP contribution is 2.31. The summed E-state index contributed by atoms with van der Waals surface area (Å²) in [4.78, 5) is 15.4. The number of nitrogens with zero attached hydrogens (tertiary/aromatic N) is 1. The van der Waals surface area contributed by atoms with E-state index in [1.165, 1.54) is 18.2 Å². The number of aliphatic imine (C=N–C) groups is 1. The molecule has 3 rings (SSSR count). The summed E-state index contributed by atoms with van der Waals surface area (Å²) in [5, 5.41) is 11.5. The van der Waals surface area contributed by atoms with Gasteiger partial charge in [0.1, 0.15) is 17.1 Å². The van der Waals surface area contributed by atoms with Gasteiger partial charge in [-0.05, 0) is 30.7 Å². The van der Waals surface area contributed by atoms with E-state index >= 15 is 0 Å². The third-order valence-corrected chi connectivity index (χ3v) is 2.77. The molecule has 0 saturated carbocycles. The fourth-order valence-corrected chi connectivity index (χ4v) is 1.84. The second kappa shape index (κ2) is 3.64. The Balaban J connectivity index is 2.16. The van der Waals surface area contributed by atoms with Crippen LogP contribution in [0.2, 0.25) is 0 Å². The molecule has 0 fully saturated rings. The molecule has 2 heterocycles. The van der Waals surface area contributed by atoms with Gasteiger partial charge in [-0.3, -0.25) is 4.79 Å². The van der Waals surface area contributed by atoms with Crippen LogP contribution in [0.3, 0.4) is 0 Å². The van der Waals surface area contributed by atoms with Crippen molar-refractivity contribution in [2.45, 2.75) is 13.3 Å². The molecule has 0 aliphatic carbocycles. The van der Waals surface area contributed by atoms with E-state index < -0.39 is 12.3 Å². The molecule has 1 unspecified atom stereocenters. The van der Waals surface area contributed by atoms with E-state index in [4.69, 9.17) is 4.74 Å². The maximum atomic E-state index is 13.4. The summed E-state index contributed by atoms with van der Waals surface area (Å²) in [5.41, 5.74) is 1.08. The number of hydrogen-bond acceptors (Lipinski definition) is 4. The SMILES string of the molecule is Cc1cc2c(cc1F)C=C1C(=O)NC(O)N=C1O2. The van der Waals surface area contributed by atoms with Crippen LogP contribution in [0.5, 0.6) is 5.75 Å². The van der Waals surface area contributed by atoms with Gasteiger partial charge in [0.25, 0.3) is 5.91 Å². The van der Waals surface area contributed by atoms with Gasteiger partial charge >= 0.3 is 0 Å². The number of aliphatic hydroxyl groups excluding tert-OH is 1. The summed E-state index contributed by atoms with van der Waals surface area (Å²) in [6, 6.07) is 2.83. The first-order chi connectivity index (χ1) is 8.54. The largest absolute Gasteiger partial charge is 0.438 e. The van der Waals surface area contributed by atoms with Crippen LogP contribution in [-0.4, -0.2) is 23.3 Å². The summed E-state index contributed by atoms with van der Waals surface area (Å²) in [6.07, 6.45) is 0.175. The highest BCUT2D eigenvalue weighted by molar-refractivity contribution is 6.24. The van der Waals surface area contributed by atoms with E-state index in [1.54, 1.807) is 6.92 Å². The summed E-state index contributed by atoms with van der Waals surface area (Å²) < 4.78 is 18.8. The molecule has 5 nitrogen and oxygen atoms in total. The number of rotatable bonds is 0. The number of carbonyl (C=O) groups is 1. The van der Waals surface area contributed by atoms with Gasteiger partial charge in [-0.1, -0.05) is 0 Å². The number of fused-ring (bicyclic) bond motifs is 2. The third-order valence-electron chi connectivity index (χ3n) is 2.77. The lowest BCUT2D eigenvalue weighted by Crippen LogP contribution is -2.43. The first-order valence-electron chi connectivity index (χ1n) is 5.31. The minimum Gasteiger partial charge on any atom is -0.438 e. The maximum Gasteiger partial charge on any atom is 0.260 e. The van der Waals surface area contributed by atoms with Gasteiger partial charge in [0.05, 0.1) is 0 Å². The van der Waals surface area contributed by atoms with Crippen LogP contribution in [0.4, 0.5) is 4.39 Å². The fourth-order valence-electron chi connectivity index (χ4n) is 1.84. The molecule has 0 spiro atoms. The number of ether oxygens (including phenoxy) is 1. The van der Waals surface area contributed by atoms with Gasteiger partial charge in [-0.15, -0.1) is 0 Å². The molecule has 6 heteroatoms. The molecule has 1 aromatic rings. The van der Waals surface area contributed by atoms with E-state index in [9.17, 15) is 14.3 Å². The molecule has 0 saturated heterocycles. The molecule has 2 aliphatic heterocycles. The number of aliphatic hydroxyl groups is 1. The molecule has 18 heavy (non-hydrogen) atoms. The van der Waals surface area contributed by atoms with Crippen molar-refractivity contribution in [2.24, 2.45) is 4.99 Å². The summed E-state index contributed by atoms with van der Waals surface area (Å²) in [7, 11) is 0. The molecule has 2 N–H and O–H groups in total. The van der Waals surface area contributed by atoms with Gasteiger partial charge < -0.3 is 15.2 Å². The predicted octanol–water partition coefficient (Wildman–Crippen LogP) is 0.714. The lowest BCUT2D eigenvalue weighted by molar-refractivity contribution is -0.120. The number of hydrogen-bond donors (Lipinski definition) is 2. The second-order valence-electron chi connectivity index (χ2n) is 4.08. The monoisotopic (exact) mass is 248 g/mol. The lowest BCUT2D eigenvalue weighted by atomic mass is 10.0. The van der Waals surface area contributed by atoms with Crippen LogP contribution in [0.15, 0.2) is 22.7 Å². The Morgan fingerprint density at radius 1 is 1.50 bits per heavy atom. The normalized spacial score (nSPS) is 21.1. The molecule has 1 atom stereocenters. The van der Waals surface area contributed by atoms with Gasteiger partial charge in [-0.25, -0.2) is 4.39 Å². The van der Waals surface area contributed by atoms with Gasteiger partial charge in [0.2, 0.25) is 12.2 Å². The van der Waals surface area contributed by atoms with Crippen molar-refractivity contribution < 1.29 is 19.0 Å². The minimum absolute atomic E-state index is 0.0461. The number of amides is 1. The molecule has 0 radical (unpaired) electrons. The second-order valence-corrected chi connectivity index (χ2v) is 4.08. The fraction of sp³-hybridized carbons (Fsp3) is 0.167. The van der Waals surface area contributed by atoms with Gasteiger partial charge in [0.15, 0.2) is 0 Å². The third kappa shape index (κ3) is 1.58. The van der Waals surface area contributed by atoms with Crippen LogP contribution >= 0.6 is 0 Å². The van der Waals surface area contributed by atoms with Crippen LogP contribution in [0.1, 0.15) is 11.1 Å². The zero-order valence-corrected chi connectivity index (χ0v) is 9.40. The number of benzene rings is 1. The zero-order valence-electron chi connectivity index (χ0n) is 9.40. The van der Waals surface area contributed by atoms with Crippen LogP contribution in [0, 0.1) is 12.7 Å². The number of nitrogens with one attached hydrogen (secondary N) is 1. The van der Waals surface area contributed by atoms with Crippen LogP contribution < -0.4 is 10.1 Å². The average molecular weight is 248 g/mol. The first kappa shape index (κ1) is 10.9. The number of halogens is 1. The van der Waals surface area contributed by atoms with Crippen molar-refractivity contribution in [1.29, 1.82) is 0 Å². The highest BCUT2D eigenvalue weighted by Gasteiger charge is 2.30. The van der Waals surface area contributed by atoms with Crippen molar-refractivity contribution in [2.75, 3.05) is 0 Å². The summed E-state index contributed by atoms with van der Waals surface area (Å²) >= 11 is 0. The average Bonchev–Trinajstić information content (AvgIpc) is 2.29. The predicted molar refractivity (Wildman–Crippen MR) is 61.3 cm³/mol. The van der Waals surface area contributed by atoms with Gasteiger partial charge in [-0.2, -0.15) is 4.99 Å². The summed E-state index contributed by atoms with van der Waals surface area (Å²) in [5.74, 6) is -0.409. The molecule has 2 aliphatic rings. The quantitative estimate of drug-likeness (QED) is 0.710. The highest BCUT2D eigenvalue weighted by atomic mass is 19.1. The van der Waals surface area contributed by atoms with E-state index in [2.05, 4.69) is 10.3 Å². The van der Waals surface area contributed by atoms with Crippen LogP contribution in [-0.2, 0) is 4.79 Å². The molecule has 0 bridgehead atoms. The van der Waals surface area contributed by atoms with E-state index in [1.807, 2.05) is 0 Å². The van der Waals surface area contributed by atoms with Gasteiger partial charge in [0, 0.05) is 5.56 Å². The Morgan fingerprint density at radius 2 is 2.28 bits per heavy atom. The smallest absolute Gasteiger partial charge is 0.260 e. The van der Waals surface area contributed by atoms with Crippen molar-refractivity contribution >= 4 is 17.9 Å². The Labute approximate surface area is 102 Å². The lowest BCUT2D eigenvalue weighted by Gasteiger charge is -2.24. The number of carbonyl (C=O) groups excluding carboxylic acids is 1. The standard InChI is InChI=1S/C12H9FN2O3/c1-5-2-9-6(4-8(5)13)3-7-10(16)14-12(17)15-11(7)18-9/h2-4,12,17H,1H3,(H,14,16). The van der Waals surface area contributed by atoms with E-state index in [0.717, 1.165) is 0 Å². The Bertz CT molecular complexity index is 622. The summed E-state index contributed by atoms with van der Waals surface area (Å²) in [6.45, 7) is 1.61. The zero-order chi connectivity index (χ0) is 12.9. The van der Waals surface area contributed by atoms with Crippen molar-refractivity contribution in [3.8, 4) is 5.75 Å². The molecular formula is C12H9FN2O3. The Hall–Kier alpha value is -2.21. The van der Waals surface area contributed by atoms with Crippen molar-refractivity contribution in [3.05, 3.63) is 34.6 Å². The first-order valence-corrected chi connectivity index (χ1v) is 5.31. The van der Waals surface area contributed by atoms with Crippen LogP contribution in [0.25, 0.3) is 6.08 Å². The Kier molecular flexibility index (Phi) is 2.21. The van der Waals surface area contributed by atoms with Crippen molar-refractivity contribution in [3.63, 3.8) is 0 Å². The van der Waals surface area contributed by atoms with E-state index in [-0.39, 0.29) is 17.3 Å². The molecule has 1 amide bonds. The molecular weight excluding hydrogens is 239 g/mol. The topological polar surface area (TPSA) is 70.9 Å². The maximum absolute atomic E-state index is 13.4. The Morgan fingerprint density at radius 3 is 3.06 bits per heavy atom.